The van der Waals surface area contributed by atoms with Crippen LogP contribution < -0.4 is 0 Å². The van der Waals surface area contributed by atoms with Crippen LogP contribution in [0.3, 0.4) is 0 Å². The van der Waals surface area contributed by atoms with Gasteiger partial charge in [0, 0.05) is 23.2 Å². The van der Waals surface area contributed by atoms with E-state index >= 15 is 0 Å². The molecule has 0 atom stereocenters. The molecule has 1 saturated carbocycles. The number of Topliss-reactive ketones (excluding diaryl/α,β-unsaturated/α-hetero) is 1. The molecule has 0 N–H and O–H groups in total. The predicted molar refractivity (Wildman–Crippen MR) is 82.7 cm³/mol. The summed E-state index contributed by atoms with van der Waals surface area (Å²) in [6.45, 7) is 12.1. The number of hydrogen-bond acceptors (Lipinski definition) is 2. The van der Waals surface area contributed by atoms with Gasteiger partial charge in [-0.05, 0) is 58.1 Å². The summed E-state index contributed by atoms with van der Waals surface area (Å²) in [6, 6.07) is 2.56. The zero-order valence-corrected chi connectivity index (χ0v) is 13.5. The highest BCUT2D eigenvalue weighted by molar-refractivity contribution is 6.00. The minimum absolute atomic E-state index is 0.157. The molecule has 1 fully saturated rings. The van der Waals surface area contributed by atoms with Crippen LogP contribution in [0.4, 0.5) is 0 Å². The SMILES string of the molecule is CC(=O)C(=C(C)c1cc(C2CC2)n(C(C)C)n1)C(C)C. The molecule has 0 unspecified atom stereocenters. The number of nitrogens with zero attached hydrogens (tertiary/aromatic N) is 2. The van der Waals surface area contributed by atoms with Gasteiger partial charge in [0.1, 0.15) is 0 Å². The number of aromatic nitrogens is 2. The average molecular weight is 274 g/mol. The maximum absolute atomic E-state index is 11.9. The zero-order chi connectivity index (χ0) is 15.0. The largest absolute Gasteiger partial charge is 0.295 e. The fraction of sp³-hybridized carbons (Fsp3) is 0.647. The van der Waals surface area contributed by atoms with Crippen molar-refractivity contribution in [1.29, 1.82) is 0 Å². The Morgan fingerprint density at radius 1 is 1.25 bits per heavy atom. The second-order valence-electron chi connectivity index (χ2n) is 6.52. The van der Waals surface area contributed by atoms with Crippen LogP contribution in [0, 0.1) is 5.92 Å². The predicted octanol–water partition coefficient (Wildman–Crippen LogP) is 4.36. The van der Waals surface area contributed by atoms with Gasteiger partial charge in [0.15, 0.2) is 5.78 Å². The Hall–Kier alpha value is -1.38. The van der Waals surface area contributed by atoms with Crippen LogP contribution in [0.2, 0.25) is 0 Å². The van der Waals surface area contributed by atoms with E-state index < -0.39 is 0 Å². The summed E-state index contributed by atoms with van der Waals surface area (Å²) in [7, 11) is 0. The van der Waals surface area contributed by atoms with E-state index in [0.717, 1.165) is 16.8 Å². The molecule has 0 amide bonds. The first-order chi connectivity index (χ1) is 9.32. The quantitative estimate of drug-likeness (QED) is 0.748. The Bertz CT molecular complexity index is 526. The van der Waals surface area contributed by atoms with E-state index in [0.29, 0.717) is 12.0 Å². The van der Waals surface area contributed by atoms with Crippen LogP contribution in [0.1, 0.15) is 77.7 Å². The Labute approximate surface area is 122 Å². The lowest BCUT2D eigenvalue weighted by atomic mass is 9.93. The molecule has 1 aliphatic rings. The van der Waals surface area contributed by atoms with Gasteiger partial charge in [-0.3, -0.25) is 9.48 Å². The standard InChI is InChI=1S/C17H26N2O/c1-10(2)17(13(6)20)12(5)15-9-16(14-7-8-14)19(18-15)11(3)4/h9-11,14H,7-8H2,1-6H3. The Morgan fingerprint density at radius 2 is 1.85 bits per heavy atom. The van der Waals surface area contributed by atoms with Crippen LogP contribution in [-0.4, -0.2) is 15.6 Å². The van der Waals surface area contributed by atoms with E-state index in [1.54, 1.807) is 6.92 Å². The molecule has 1 aromatic heterocycles. The first-order valence-corrected chi connectivity index (χ1v) is 7.64. The lowest BCUT2D eigenvalue weighted by Crippen LogP contribution is -2.08. The summed E-state index contributed by atoms with van der Waals surface area (Å²) < 4.78 is 2.13. The topological polar surface area (TPSA) is 34.9 Å². The molecule has 110 valence electrons. The summed E-state index contributed by atoms with van der Waals surface area (Å²) in [5.74, 6) is 1.07. The molecule has 3 nitrogen and oxygen atoms in total. The van der Waals surface area contributed by atoms with Crippen LogP contribution >= 0.6 is 0 Å². The lowest BCUT2D eigenvalue weighted by Gasteiger charge is -2.12. The van der Waals surface area contributed by atoms with Gasteiger partial charge in [-0.2, -0.15) is 5.10 Å². The van der Waals surface area contributed by atoms with Crippen molar-refractivity contribution in [3.63, 3.8) is 0 Å². The fourth-order valence-electron chi connectivity index (χ4n) is 2.93. The van der Waals surface area contributed by atoms with Crippen LogP contribution in [0.15, 0.2) is 11.6 Å². The van der Waals surface area contributed by atoms with Gasteiger partial charge >= 0.3 is 0 Å². The molecule has 0 saturated heterocycles. The monoisotopic (exact) mass is 274 g/mol. The number of ketones is 1. The Balaban J connectivity index is 2.49. The molecule has 0 aromatic carbocycles. The third kappa shape index (κ3) is 2.87. The van der Waals surface area contributed by atoms with Crippen molar-refractivity contribution in [3.8, 4) is 0 Å². The van der Waals surface area contributed by atoms with E-state index in [1.807, 2.05) is 6.92 Å². The van der Waals surface area contributed by atoms with Gasteiger partial charge in [0.2, 0.25) is 0 Å². The highest BCUT2D eigenvalue weighted by Crippen LogP contribution is 2.42. The van der Waals surface area contributed by atoms with Crippen molar-refractivity contribution in [2.24, 2.45) is 5.92 Å². The third-order valence-corrected chi connectivity index (χ3v) is 3.99. The van der Waals surface area contributed by atoms with E-state index in [-0.39, 0.29) is 11.7 Å². The Morgan fingerprint density at radius 3 is 2.25 bits per heavy atom. The summed E-state index contributed by atoms with van der Waals surface area (Å²) in [5, 5.41) is 4.76. The Kier molecular flexibility index (Phi) is 4.17. The second-order valence-corrected chi connectivity index (χ2v) is 6.52. The molecular weight excluding hydrogens is 248 g/mol. The van der Waals surface area contributed by atoms with Gasteiger partial charge < -0.3 is 0 Å². The molecule has 2 rings (SSSR count). The molecule has 0 bridgehead atoms. The number of allylic oxidation sites excluding steroid dienone is 2. The number of carbonyl (C=O) groups excluding carboxylic acids is 1. The minimum Gasteiger partial charge on any atom is -0.295 e. The third-order valence-electron chi connectivity index (χ3n) is 3.99. The average Bonchev–Trinajstić information content (AvgIpc) is 3.06. The number of rotatable bonds is 5. The molecular formula is C17H26N2O. The molecule has 1 aliphatic carbocycles. The highest BCUT2D eigenvalue weighted by atomic mass is 16.1. The molecule has 0 aliphatic heterocycles. The summed E-state index contributed by atoms with van der Waals surface area (Å²) >= 11 is 0. The number of hydrogen-bond donors (Lipinski definition) is 0. The second kappa shape index (κ2) is 5.55. The van der Waals surface area contributed by atoms with Crippen molar-refractivity contribution < 1.29 is 4.79 Å². The van der Waals surface area contributed by atoms with Crippen molar-refractivity contribution in [3.05, 3.63) is 23.0 Å². The lowest BCUT2D eigenvalue weighted by molar-refractivity contribution is -0.113. The van der Waals surface area contributed by atoms with E-state index in [9.17, 15) is 4.79 Å². The molecule has 0 spiro atoms. The normalized spacial score (nSPS) is 16.8. The summed E-state index contributed by atoms with van der Waals surface area (Å²) in [6.07, 6.45) is 2.54. The molecule has 1 heterocycles. The summed E-state index contributed by atoms with van der Waals surface area (Å²) in [4.78, 5) is 11.9. The van der Waals surface area contributed by atoms with Crippen LogP contribution in [-0.2, 0) is 4.79 Å². The van der Waals surface area contributed by atoms with Crippen molar-refractivity contribution in [2.45, 2.75) is 66.3 Å². The molecule has 0 radical (unpaired) electrons. The molecule has 1 aromatic rings. The fourth-order valence-corrected chi connectivity index (χ4v) is 2.93. The van der Waals surface area contributed by atoms with Gasteiger partial charge in [0.05, 0.1) is 5.69 Å². The maximum atomic E-state index is 11.9. The summed E-state index contributed by atoms with van der Waals surface area (Å²) in [5.41, 5.74) is 4.25. The highest BCUT2D eigenvalue weighted by Gasteiger charge is 2.29. The molecule has 20 heavy (non-hydrogen) atoms. The van der Waals surface area contributed by atoms with Crippen molar-refractivity contribution in [1.82, 2.24) is 9.78 Å². The van der Waals surface area contributed by atoms with Crippen LogP contribution in [0.5, 0.6) is 0 Å². The molecule has 3 heteroatoms. The first-order valence-electron chi connectivity index (χ1n) is 7.64. The van der Waals surface area contributed by atoms with Gasteiger partial charge in [0.25, 0.3) is 0 Å². The first kappa shape index (κ1) is 15.0. The van der Waals surface area contributed by atoms with Crippen LogP contribution in [0.25, 0.3) is 5.57 Å². The smallest absolute Gasteiger partial charge is 0.156 e. The van der Waals surface area contributed by atoms with E-state index in [4.69, 9.17) is 5.10 Å². The maximum Gasteiger partial charge on any atom is 0.156 e. The van der Waals surface area contributed by atoms with Gasteiger partial charge in [-0.25, -0.2) is 0 Å². The van der Waals surface area contributed by atoms with E-state index in [1.165, 1.54) is 18.5 Å². The van der Waals surface area contributed by atoms with Crippen molar-refractivity contribution in [2.75, 3.05) is 0 Å². The minimum atomic E-state index is 0.157. The van der Waals surface area contributed by atoms with E-state index in [2.05, 4.69) is 38.4 Å². The van der Waals surface area contributed by atoms with Gasteiger partial charge in [-0.1, -0.05) is 13.8 Å². The van der Waals surface area contributed by atoms with Gasteiger partial charge in [-0.15, -0.1) is 0 Å². The zero-order valence-electron chi connectivity index (χ0n) is 13.5. The number of carbonyl (C=O) groups is 1. The van der Waals surface area contributed by atoms with Crippen molar-refractivity contribution >= 4 is 11.4 Å².